The number of fused-ring (bicyclic) bond motifs is 1. The van der Waals surface area contributed by atoms with Gasteiger partial charge >= 0.3 is 5.69 Å². The van der Waals surface area contributed by atoms with Crippen LogP contribution in [0.1, 0.15) is 5.56 Å². The number of aryl methyl sites for hydroxylation is 1. The summed E-state index contributed by atoms with van der Waals surface area (Å²) in [6, 6.07) is 9.62. The van der Waals surface area contributed by atoms with E-state index in [9.17, 15) is 9.59 Å². The van der Waals surface area contributed by atoms with Gasteiger partial charge < -0.3 is 10.4 Å². The van der Waals surface area contributed by atoms with E-state index >= 15 is 0 Å². The molecule has 0 radical (unpaired) electrons. The third kappa shape index (κ3) is 2.76. The highest BCUT2D eigenvalue weighted by Gasteiger charge is 2.17. The molecule has 8 heteroatoms. The van der Waals surface area contributed by atoms with Gasteiger partial charge in [0.2, 0.25) is 5.95 Å². The third-order valence-corrected chi connectivity index (χ3v) is 3.59. The fourth-order valence-corrected chi connectivity index (χ4v) is 2.46. The molecule has 0 aliphatic heterocycles. The van der Waals surface area contributed by atoms with Crippen molar-refractivity contribution in [1.82, 2.24) is 19.1 Å². The van der Waals surface area contributed by atoms with Crippen molar-refractivity contribution in [2.75, 3.05) is 18.5 Å². The molecule has 0 spiro atoms. The van der Waals surface area contributed by atoms with Crippen LogP contribution in [0.2, 0.25) is 0 Å². The Kier molecular flexibility index (Phi) is 3.98. The maximum atomic E-state index is 12.2. The number of nitrogens with zero attached hydrogens (tertiary/aromatic N) is 3. The van der Waals surface area contributed by atoms with Crippen molar-refractivity contribution < 1.29 is 5.11 Å². The Balaban J connectivity index is 2.21. The van der Waals surface area contributed by atoms with Crippen molar-refractivity contribution in [2.45, 2.75) is 6.54 Å². The number of imidazole rings is 1. The quantitative estimate of drug-likeness (QED) is 0.608. The van der Waals surface area contributed by atoms with Gasteiger partial charge in [-0.05, 0) is 5.56 Å². The molecule has 0 atom stereocenters. The molecule has 8 nitrogen and oxygen atoms in total. The van der Waals surface area contributed by atoms with Gasteiger partial charge in [0.25, 0.3) is 5.56 Å². The molecule has 2 aromatic heterocycles. The van der Waals surface area contributed by atoms with Gasteiger partial charge in [-0.15, -0.1) is 0 Å². The predicted octanol–water partition coefficient (Wildman–Crippen LogP) is -0.124. The van der Waals surface area contributed by atoms with Crippen LogP contribution in [0.25, 0.3) is 11.2 Å². The van der Waals surface area contributed by atoms with Crippen LogP contribution in [0.4, 0.5) is 5.95 Å². The summed E-state index contributed by atoms with van der Waals surface area (Å²) in [6.07, 6.45) is 0. The molecule has 0 saturated heterocycles. The lowest BCUT2D eigenvalue weighted by Gasteiger charge is -2.09. The summed E-state index contributed by atoms with van der Waals surface area (Å²) in [4.78, 5) is 30.6. The zero-order valence-electron chi connectivity index (χ0n) is 12.6. The number of hydrogen-bond acceptors (Lipinski definition) is 5. The summed E-state index contributed by atoms with van der Waals surface area (Å²) >= 11 is 0. The van der Waals surface area contributed by atoms with Crippen LogP contribution in [0, 0.1) is 0 Å². The minimum atomic E-state index is -0.513. The molecule has 0 saturated carbocycles. The molecule has 0 fully saturated rings. The van der Waals surface area contributed by atoms with Gasteiger partial charge in [-0.25, -0.2) is 4.79 Å². The number of anilines is 1. The summed E-state index contributed by atoms with van der Waals surface area (Å²) < 4.78 is 3.00. The molecule has 3 rings (SSSR count). The first-order chi connectivity index (χ1) is 11.1. The van der Waals surface area contributed by atoms with Crippen molar-refractivity contribution >= 4 is 17.1 Å². The fraction of sp³-hybridized carbons (Fsp3) is 0.267. The Bertz CT molecular complexity index is 939. The van der Waals surface area contributed by atoms with E-state index in [2.05, 4.69) is 15.3 Å². The molecular weight excluding hydrogens is 298 g/mol. The Labute approximate surface area is 131 Å². The van der Waals surface area contributed by atoms with Crippen molar-refractivity contribution in [3.05, 3.63) is 56.7 Å². The van der Waals surface area contributed by atoms with Gasteiger partial charge in [-0.2, -0.15) is 4.98 Å². The minimum Gasteiger partial charge on any atom is -0.395 e. The number of rotatable bonds is 5. The van der Waals surface area contributed by atoms with Crippen molar-refractivity contribution in [3.8, 4) is 0 Å². The molecule has 23 heavy (non-hydrogen) atoms. The molecule has 120 valence electrons. The summed E-state index contributed by atoms with van der Waals surface area (Å²) in [5.41, 5.74) is 0.614. The second-order valence-electron chi connectivity index (χ2n) is 5.15. The van der Waals surface area contributed by atoms with E-state index in [0.717, 1.165) is 5.56 Å². The van der Waals surface area contributed by atoms with E-state index < -0.39 is 11.2 Å². The van der Waals surface area contributed by atoms with E-state index in [1.165, 1.54) is 4.57 Å². The SMILES string of the molecule is Cn1c(=O)[nH]c(=O)c2c1nc(NCCO)n2Cc1ccccc1. The number of H-pyrrole nitrogens is 1. The molecule has 0 unspecified atom stereocenters. The van der Waals surface area contributed by atoms with Gasteiger partial charge in [0.15, 0.2) is 11.2 Å². The Hall–Kier alpha value is -2.87. The van der Waals surface area contributed by atoms with E-state index in [0.29, 0.717) is 30.2 Å². The molecule has 3 aromatic rings. The number of aliphatic hydroxyl groups excluding tert-OH is 1. The average molecular weight is 315 g/mol. The Morgan fingerprint density at radius 2 is 2.00 bits per heavy atom. The maximum absolute atomic E-state index is 12.2. The largest absolute Gasteiger partial charge is 0.395 e. The second kappa shape index (κ2) is 6.09. The van der Waals surface area contributed by atoms with Crippen LogP contribution in [0.3, 0.4) is 0 Å². The zero-order chi connectivity index (χ0) is 16.4. The number of aliphatic hydroxyl groups is 1. The first kappa shape index (κ1) is 15.0. The van der Waals surface area contributed by atoms with Crippen LogP contribution >= 0.6 is 0 Å². The molecule has 0 aliphatic carbocycles. The standard InChI is InChI=1S/C15H17N5O3/c1-19-12-11(13(22)18-15(19)23)20(14(17-12)16-7-8-21)9-10-5-3-2-4-6-10/h2-6,21H,7-9H2,1H3,(H,16,17)(H,18,22,23). The van der Waals surface area contributed by atoms with Gasteiger partial charge in [0.1, 0.15) is 0 Å². The van der Waals surface area contributed by atoms with Crippen LogP contribution in [0.15, 0.2) is 39.9 Å². The van der Waals surface area contributed by atoms with E-state index in [-0.39, 0.29) is 6.61 Å². The molecule has 3 N–H and O–H groups in total. The normalized spacial score (nSPS) is 11.0. The number of benzene rings is 1. The van der Waals surface area contributed by atoms with Crippen LogP contribution < -0.4 is 16.6 Å². The summed E-state index contributed by atoms with van der Waals surface area (Å²) in [5, 5.41) is 12.0. The molecule has 0 bridgehead atoms. The number of hydrogen-bond donors (Lipinski definition) is 3. The maximum Gasteiger partial charge on any atom is 0.329 e. The highest BCUT2D eigenvalue weighted by Crippen LogP contribution is 2.17. The molecule has 0 amide bonds. The van der Waals surface area contributed by atoms with Gasteiger partial charge in [-0.3, -0.25) is 18.9 Å². The summed E-state index contributed by atoms with van der Waals surface area (Å²) in [5.74, 6) is 0.435. The van der Waals surface area contributed by atoms with Crippen LogP contribution in [0.5, 0.6) is 0 Å². The first-order valence-electron chi connectivity index (χ1n) is 7.20. The Morgan fingerprint density at radius 3 is 2.70 bits per heavy atom. The monoisotopic (exact) mass is 315 g/mol. The number of nitrogens with one attached hydrogen (secondary N) is 2. The highest BCUT2D eigenvalue weighted by atomic mass is 16.3. The highest BCUT2D eigenvalue weighted by molar-refractivity contribution is 5.74. The van der Waals surface area contributed by atoms with E-state index in [4.69, 9.17) is 5.11 Å². The van der Waals surface area contributed by atoms with Gasteiger partial charge in [0, 0.05) is 13.6 Å². The van der Waals surface area contributed by atoms with Gasteiger partial charge in [0.05, 0.1) is 13.2 Å². The molecular formula is C15H17N5O3. The molecule has 2 heterocycles. The number of aromatic nitrogens is 4. The van der Waals surface area contributed by atoms with E-state index in [1.807, 2.05) is 30.3 Å². The predicted molar refractivity (Wildman–Crippen MR) is 86.7 cm³/mol. The van der Waals surface area contributed by atoms with Crippen LogP contribution in [-0.2, 0) is 13.6 Å². The first-order valence-corrected chi connectivity index (χ1v) is 7.20. The lowest BCUT2D eigenvalue weighted by molar-refractivity contribution is 0.310. The minimum absolute atomic E-state index is 0.0656. The second-order valence-corrected chi connectivity index (χ2v) is 5.15. The fourth-order valence-electron chi connectivity index (χ4n) is 2.46. The zero-order valence-corrected chi connectivity index (χ0v) is 12.6. The lowest BCUT2D eigenvalue weighted by Crippen LogP contribution is -2.29. The van der Waals surface area contributed by atoms with Gasteiger partial charge in [-0.1, -0.05) is 30.3 Å². The van der Waals surface area contributed by atoms with Crippen molar-refractivity contribution in [1.29, 1.82) is 0 Å². The summed E-state index contributed by atoms with van der Waals surface area (Å²) in [6.45, 7) is 0.653. The molecule has 0 aliphatic rings. The van der Waals surface area contributed by atoms with E-state index in [1.54, 1.807) is 11.6 Å². The Morgan fingerprint density at radius 1 is 1.26 bits per heavy atom. The average Bonchev–Trinajstić information content (AvgIpc) is 2.91. The number of aromatic amines is 1. The third-order valence-electron chi connectivity index (χ3n) is 3.59. The molecule has 1 aromatic carbocycles. The summed E-state index contributed by atoms with van der Waals surface area (Å²) in [7, 11) is 1.55. The van der Waals surface area contributed by atoms with Crippen molar-refractivity contribution in [2.24, 2.45) is 7.05 Å². The van der Waals surface area contributed by atoms with Crippen LogP contribution in [-0.4, -0.2) is 37.4 Å². The van der Waals surface area contributed by atoms with Crippen molar-refractivity contribution in [3.63, 3.8) is 0 Å². The smallest absolute Gasteiger partial charge is 0.329 e. The topological polar surface area (TPSA) is 105 Å². The lowest BCUT2D eigenvalue weighted by atomic mass is 10.2.